The maximum Gasteiger partial charge on any atom is 0.335 e. The number of carboxylic acid groups (broad SMARTS) is 1. The molecule has 2 saturated heterocycles. The highest BCUT2D eigenvalue weighted by Crippen LogP contribution is 2.10. The number of hydrogen-bond donors (Lipinski definition) is 2. The number of amides is 1. The Bertz CT molecular complexity index is 794. The minimum atomic E-state index is -0.878. The van der Waals surface area contributed by atoms with E-state index in [2.05, 4.69) is 50.5 Å². The second-order valence-electron chi connectivity index (χ2n) is 6.59. The zero-order valence-corrected chi connectivity index (χ0v) is 21.4. The lowest BCUT2D eigenvalue weighted by atomic mass is 10.2. The smallest absolute Gasteiger partial charge is 0.335 e. The molecule has 2 N–H and O–H groups in total. The van der Waals surface area contributed by atoms with Crippen molar-refractivity contribution in [2.45, 2.75) is 0 Å². The molecule has 9 heteroatoms. The van der Waals surface area contributed by atoms with Crippen LogP contribution in [0.5, 0.6) is 0 Å². The van der Waals surface area contributed by atoms with Gasteiger partial charge in [0.05, 0.1) is 32.0 Å². The SMILES string of the molecule is C1COCCN1.O=C(O)c1ccc(I)cc1.O=C(c1ccc(I)cc1)N1CCOCC1. The quantitative estimate of drug-likeness (QED) is 0.485. The minimum Gasteiger partial charge on any atom is -0.478 e. The summed E-state index contributed by atoms with van der Waals surface area (Å²) >= 11 is 4.36. The monoisotopic (exact) mass is 652 g/mol. The first-order valence-electron chi connectivity index (χ1n) is 9.87. The van der Waals surface area contributed by atoms with Gasteiger partial charge in [-0.15, -0.1) is 0 Å². The van der Waals surface area contributed by atoms with Crippen LogP contribution in [-0.2, 0) is 9.47 Å². The van der Waals surface area contributed by atoms with Crippen molar-refractivity contribution in [3.05, 3.63) is 66.8 Å². The van der Waals surface area contributed by atoms with E-state index < -0.39 is 5.97 Å². The van der Waals surface area contributed by atoms with Crippen LogP contribution in [0, 0.1) is 7.14 Å². The van der Waals surface area contributed by atoms with Crippen molar-refractivity contribution in [1.29, 1.82) is 0 Å². The molecule has 2 heterocycles. The lowest BCUT2D eigenvalue weighted by molar-refractivity contribution is 0.0303. The Morgan fingerprint density at radius 2 is 1.23 bits per heavy atom. The molecule has 0 saturated carbocycles. The number of rotatable bonds is 2. The third-order valence-corrected chi connectivity index (χ3v) is 5.77. The number of carbonyl (C=O) groups excluding carboxylic acids is 1. The number of ether oxygens (including phenoxy) is 2. The minimum absolute atomic E-state index is 0.106. The summed E-state index contributed by atoms with van der Waals surface area (Å²) < 4.78 is 12.4. The fourth-order valence-electron chi connectivity index (χ4n) is 2.65. The third-order valence-electron chi connectivity index (χ3n) is 4.33. The molecule has 0 aliphatic carbocycles. The van der Waals surface area contributed by atoms with Crippen molar-refractivity contribution in [2.24, 2.45) is 0 Å². The summed E-state index contributed by atoms with van der Waals surface area (Å²) in [4.78, 5) is 24.1. The maximum atomic E-state index is 12.0. The van der Waals surface area contributed by atoms with Gasteiger partial charge in [-0.25, -0.2) is 4.79 Å². The van der Waals surface area contributed by atoms with Crippen LogP contribution in [0.2, 0.25) is 0 Å². The molecule has 0 radical (unpaired) electrons. The van der Waals surface area contributed by atoms with Crippen molar-refractivity contribution in [3.63, 3.8) is 0 Å². The van der Waals surface area contributed by atoms with Gasteiger partial charge in [0.15, 0.2) is 0 Å². The van der Waals surface area contributed by atoms with E-state index in [0.717, 1.165) is 39.0 Å². The molecule has 2 aromatic carbocycles. The fraction of sp³-hybridized carbons (Fsp3) is 0.364. The Hall–Kier alpha value is -1.28. The average molecular weight is 652 g/mol. The average Bonchev–Trinajstić information content (AvgIpc) is 2.82. The summed E-state index contributed by atoms with van der Waals surface area (Å²) in [7, 11) is 0. The number of carboxylic acids is 1. The molecule has 2 aliphatic heterocycles. The van der Waals surface area contributed by atoms with Crippen molar-refractivity contribution >= 4 is 57.1 Å². The van der Waals surface area contributed by atoms with Crippen LogP contribution in [0.25, 0.3) is 0 Å². The van der Waals surface area contributed by atoms with Gasteiger partial charge in [0.1, 0.15) is 0 Å². The summed E-state index contributed by atoms with van der Waals surface area (Å²) in [5, 5.41) is 11.6. The lowest BCUT2D eigenvalue weighted by Crippen LogP contribution is -2.40. The number of carbonyl (C=O) groups is 2. The molecule has 4 rings (SSSR count). The third kappa shape index (κ3) is 10.3. The Morgan fingerprint density at radius 3 is 1.61 bits per heavy atom. The van der Waals surface area contributed by atoms with E-state index in [-0.39, 0.29) is 5.91 Å². The summed E-state index contributed by atoms with van der Waals surface area (Å²) in [6, 6.07) is 14.4. The van der Waals surface area contributed by atoms with Crippen LogP contribution < -0.4 is 5.32 Å². The first kappa shape index (κ1) is 26.0. The fourth-order valence-corrected chi connectivity index (χ4v) is 3.37. The second kappa shape index (κ2) is 14.7. The highest BCUT2D eigenvalue weighted by molar-refractivity contribution is 14.1. The Balaban J connectivity index is 0.000000183. The van der Waals surface area contributed by atoms with Crippen molar-refractivity contribution in [3.8, 4) is 0 Å². The number of nitrogens with one attached hydrogen (secondary N) is 1. The summed E-state index contributed by atoms with van der Waals surface area (Å²) in [6.07, 6.45) is 0. The van der Waals surface area contributed by atoms with Gasteiger partial charge < -0.3 is 24.8 Å². The largest absolute Gasteiger partial charge is 0.478 e. The highest BCUT2D eigenvalue weighted by atomic mass is 127. The number of aromatic carboxylic acids is 1. The standard InChI is InChI=1S/C11H12INO2.C7H5IO2.C4H9NO/c12-10-3-1-9(2-4-10)11(14)13-5-7-15-8-6-13;8-6-3-1-5(2-4-6)7(9)10;1-3-6-4-2-5-1/h1-4H,5-8H2;1-4H,(H,9,10);5H,1-4H2. The second-order valence-corrected chi connectivity index (χ2v) is 9.08. The molecule has 0 aromatic heterocycles. The van der Waals surface area contributed by atoms with E-state index in [1.165, 1.54) is 0 Å². The predicted molar refractivity (Wildman–Crippen MR) is 136 cm³/mol. The maximum absolute atomic E-state index is 12.0. The summed E-state index contributed by atoms with van der Waals surface area (Å²) in [5.41, 5.74) is 1.10. The van der Waals surface area contributed by atoms with Crippen molar-refractivity contribution in [1.82, 2.24) is 10.2 Å². The Morgan fingerprint density at radius 1 is 0.774 bits per heavy atom. The number of halogens is 2. The van der Waals surface area contributed by atoms with Gasteiger partial charge >= 0.3 is 5.97 Å². The molecule has 168 valence electrons. The van der Waals surface area contributed by atoms with Crippen molar-refractivity contribution < 1.29 is 24.2 Å². The van der Waals surface area contributed by atoms with Gasteiger partial charge in [-0.3, -0.25) is 4.79 Å². The van der Waals surface area contributed by atoms with Gasteiger partial charge in [0.25, 0.3) is 5.91 Å². The molecular formula is C22H26I2N2O5. The first-order chi connectivity index (χ1) is 15.0. The van der Waals surface area contributed by atoms with Crippen LogP contribution in [0.15, 0.2) is 48.5 Å². The molecule has 2 fully saturated rings. The predicted octanol–water partition coefficient (Wildman–Crippen LogP) is 3.36. The Labute approximate surface area is 209 Å². The van der Waals surface area contributed by atoms with Gasteiger partial charge in [-0.05, 0) is 93.7 Å². The van der Waals surface area contributed by atoms with E-state index in [0.29, 0.717) is 31.9 Å². The molecule has 2 aromatic rings. The van der Waals surface area contributed by atoms with Crippen LogP contribution >= 0.6 is 45.2 Å². The topological polar surface area (TPSA) is 88.1 Å². The summed E-state index contributed by atoms with van der Waals surface area (Å²) in [5.74, 6) is -0.772. The van der Waals surface area contributed by atoms with Crippen molar-refractivity contribution in [2.75, 3.05) is 52.6 Å². The van der Waals surface area contributed by atoms with Gasteiger partial charge in [-0.1, -0.05) is 0 Å². The Kier molecular flexibility index (Phi) is 12.3. The van der Waals surface area contributed by atoms with E-state index in [1.54, 1.807) is 24.3 Å². The molecule has 1 amide bonds. The number of nitrogens with zero attached hydrogens (tertiary/aromatic N) is 1. The molecule has 0 bridgehead atoms. The first-order valence-corrected chi connectivity index (χ1v) is 12.0. The zero-order chi connectivity index (χ0) is 22.5. The number of benzene rings is 2. The van der Waals surface area contributed by atoms with Crippen LogP contribution in [0.4, 0.5) is 0 Å². The molecule has 7 nitrogen and oxygen atoms in total. The number of morpholine rings is 2. The van der Waals surface area contributed by atoms with Crippen LogP contribution in [0.3, 0.4) is 0 Å². The summed E-state index contributed by atoms with van der Waals surface area (Å²) in [6.45, 7) is 6.53. The van der Waals surface area contributed by atoms with E-state index in [9.17, 15) is 9.59 Å². The van der Waals surface area contributed by atoms with Gasteiger partial charge in [0, 0.05) is 38.9 Å². The molecule has 31 heavy (non-hydrogen) atoms. The molecular weight excluding hydrogens is 626 g/mol. The van der Waals surface area contributed by atoms with Crippen LogP contribution in [-0.4, -0.2) is 74.5 Å². The molecule has 2 aliphatic rings. The lowest BCUT2D eigenvalue weighted by Gasteiger charge is -2.26. The molecule has 0 atom stereocenters. The van der Waals surface area contributed by atoms with Gasteiger partial charge in [0.2, 0.25) is 0 Å². The highest BCUT2D eigenvalue weighted by Gasteiger charge is 2.17. The van der Waals surface area contributed by atoms with E-state index in [4.69, 9.17) is 14.6 Å². The molecule has 0 spiro atoms. The normalized spacial score (nSPS) is 15.6. The number of hydrogen-bond acceptors (Lipinski definition) is 5. The van der Waals surface area contributed by atoms with Crippen LogP contribution in [0.1, 0.15) is 20.7 Å². The molecule has 0 unspecified atom stereocenters. The van der Waals surface area contributed by atoms with E-state index in [1.807, 2.05) is 29.2 Å². The van der Waals surface area contributed by atoms with Gasteiger partial charge in [-0.2, -0.15) is 0 Å². The van der Waals surface area contributed by atoms with E-state index >= 15 is 0 Å². The zero-order valence-electron chi connectivity index (χ0n) is 17.1.